The molecule has 0 bridgehead atoms. The molecule has 5 heteroatoms. The molecule has 3 N–H and O–H groups in total. The third kappa shape index (κ3) is 2.83. The molecule has 20 heavy (non-hydrogen) atoms. The van der Waals surface area contributed by atoms with Crippen LogP contribution in [0.5, 0.6) is 0 Å². The van der Waals surface area contributed by atoms with Gasteiger partial charge in [-0.2, -0.15) is 0 Å². The normalized spacial score (nSPS) is 15.5. The molecule has 0 amide bonds. The van der Waals surface area contributed by atoms with Crippen LogP contribution in [0, 0.1) is 0 Å². The van der Waals surface area contributed by atoms with Gasteiger partial charge >= 0.3 is 0 Å². The van der Waals surface area contributed by atoms with Gasteiger partial charge in [-0.1, -0.05) is 40.9 Å². The first kappa shape index (κ1) is 13.5. The van der Waals surface area contributed by atoms with E-state index in [0.29, 0.717) is 11.7 Å². The lowest BCUT2D eigenvalue weighted by atomic mass is 10.0. The minimum absolute atomic E-state index is 0.541. The number of hydrogen-bond donors (Lipinski definition) is 2. The van der Waals surface area contributed by atoms with Crippen LogP contribution in [0.4, 0.5) is 5.82 Å². The van der Waals surface area contributed by atoms with Crippen molar-refractivity contribution in [3.8, 4) is 11.4 Å². The van der Waals surface area contributed by atoms with Gasteiger partial charge in [0.05, 0.1) is 0 Å². The molecule has 104 valence electrons. The number of anilines is 1. The highest BCUT2D eigenvalue weighted by molar-refractivity contribution is 9.10. The first-order chi connectivity index (χ1) is 9.76. The van der Waals surface area contributed by atoms with E-state index in [-0.39, 0.29) is 0 Å². The van der Waals surface area contributed by atoms with E-state index in [1.165, 1.54) is 25.7 Å². The van der Waals surface area contributed by atoms with Gasteiger partial charge in [-0.15, -0.1) is 0 Å². The number of nitrogens with zero attached hydrogens (tertiary/aromatic N) is 2. The Labute approximate surface area is 126 Å². The predicted octanol–water partition coefficient (Wildman–Crippen LogP) is 3.85. The topological polar surface area (TPSA) is 63.8 Å². The second kappa shape index (κ2) is 5.89. The van der Waals surface area contributed by atoms with Gasteiger partial charge < -0.3 is 5.43 Å². The fourth-order valence-electron chi connectivity index (χ4n) is 2.70. The maximum atomic E-state index is 5.54. The van der Waals surface area contributed by atoms with Gasteiger partial charge in [0.25, 0.3) is 0 Å². The summed E-state index contributed by atoms with van der Waals surface area (Å²) in [6.45, 7) is 0. The summed E-state index contributed by atoms with van der Waals surface area (Å²) in [4.78, 5) is 9.20. The minimum Gasteiger partial charge on any atom is -0.308 e. The van der Waals surface area contributed by atoms with Gasteiger partial charge in [0.2, 0.25) is 0 Å². The van der Waals surface area contributed by atoms with Crippen molar-refractivity contribution < 1.29 is 0 Å². The molecule has 2 aromatic rings. The van der Waals surface area contributed by atoms with Gasteiger partial charge in [-0.05, 0) is 25.0 Å². The first-order valence-electron chi connectivity index (χ1n) is 6.88. The largest absolute Gasteiger partial charge is 0.308 e. The van der Waals surface area contributed by atoms with Crippen molar-refractivity contribution in [2.75, 3.05) is 5.43 Å². The monoisotopic (exact) mass is 332 g/mol. The Morgan fingerprint density at radius 3 is 2.45 bits per heavy atom. The van der Waals surface area contributed by atoms with Crippen molar-refractivity contribution in [2.24, 2.45) is 5.84 Å². The number of rotatable bonds is 3. The molecule has 0 spiro atoms. The highest BCUT2D eigenvalue weighted by atomic mass is 79.9. The summed E-state index contributed by atoms with van der Waals surface area (Å²) in [5, 5.41) is 0. The second-order valence-corrected chi connectivity index (χ2v) is 6.05. The van der Waals surface area contributed by atoms with E-state index < -0.39 is 0 Å². The molecule has 0 radical (unpaired) electrons. The second-order valence-electron chi connectivity index (χ2n) is 5.13. The number of nitrogens with one attached hydrogen (secondary N) is 1. The molecule has 4 nitrogen and oxygen atoms in total. The third-order valence-electron chi connectivity index (χ3n) is 3.77. The van der Waals surface area contributed by atoms with Crippen molar-refractivity contribution in [3.05, 3.63) is 40.5 Å². The lowest BCUT2D eigenvalue weighted by molar-refractivity contribution is 0.695. The molecule has 1 fully saturated rings. The molecule has 3 rings (SSSR count). The van der Waals surface area contributed by atoms with Crippen LogP contribution in [0.15, 0.2) is 34.8 Å². The molecule has 0 saturated heterocycles. The molecule has 1 heterocycles. The Morgan fingerprint density at radius 2 is 1.80 bits per heavy atom. The molecule has 1 aliphatic carbocycles. The van der Waals surface area contributed by atoms with Crippen LogP contribution in [0.2, 0.25) is 0 Å². The number of benzene rings is 1. The van der Waals surface area contributed by atoms with Crippen LogP contribution >= 0.6 is 15.9 Å². The number of nitrogen functional groups attached to an aromatic ring is 1. The fraction of sp³-hybridized carbons (Fsp3) is 0.333. The van der Waals surface area contributed by atoms with Gasteiger partial charge in [0.1, 0.15) is 5.82 Å². The van der Waals surface area contributed by atoms with E-state index in [1.807, 2.05) is 30.3 Å². The number of halogens is 1. The SMILES string of the molecule is NNc1cc(C2CCCC2)nc(-c2ccc(Br)cc2)n1. The zero-order chi connectivity index (χ0) is 13.9. The highest BCUT2D eigenvalue weighted by Crippen LogP contribution is 2.34. The van der Waals surface area contributed by atoms with E-state index in [1.54, 1.807) is 0 Å². The first-order valence-corrected chi connectivity index (χ1v) is 7.67. The third-order valence-corrected chi connectivity index (χ3v) is 4.30. The minimum atomic E-state index is 0.541. The molecular formula is C15H17BrN4. The maximum Gasteiger partial charge on any atom is 0.161 e. The summed E-state index contributed by atoms with van der Waals surface area (Å²) in [6, 6.07) is 9.99. The summed E-state index contributed by atoms with van der Waals surface area (Å²) in [5.74, 6) is 7.49. The zero-order valence-corrected chi connectivity index (χ0v) is 12.7. The molecule has 0 unspecified atom stereocenters. The Bertz CT molecular complexity index is 591. The Morgan fingerprint density at radius 1 is 1.10 bits per heavy atom. The average Bonchev–Trinajstić information content (AvgIpc) is 3.02. The molecule has 0 atom stereocenters. The van der Waals surface area contributed by atoms with Crippen molar-refractivity contribution in [1.82, 2.24) is 9.97 Å². The van der Waals surface area contributed by atoms with Crippen LogP contribution in [0.25, 0.3) is 11.4 Å². The standard InChI is InChI=1S/C15H17BrN4/c16-12-7-5-11(6-8-12)15-18-13(9-14(19-15)20-17)10-3-1-2-4-10/h5-10H,1-4,17H2,(H,18,19,20). The summed E-state index contributed by atoms with van der Waals surface area (Å²) in [5.41, 5.74) is 4.76. The molecule has 0 aliphatic heterocycles. The summed E-state index contributed by atoms with van der Waals surface area (Å²) >= 11 is 3.44. The van der Waals surface area contributed by atoms with E-state index >= 15 is 0 Å². The van der Waals surface area contributed by atoms with E-state index in [2.05, 4.69) is 26.3 Å². The number of hydrazine groups is 1. The van der Waals surface area contributed by atoms with Crippen LogP contribution in [0.1, 0.15) is 37.3 Å². The molecule has 1 aromatic heterocycles. The van der Waals surface area contributed by atoms with Crippen LogP contribution in [-0.2, 0) is 0 Å². The molecular weight excluding hydrogens is 316 g/mol. The van der Waals surface area contributed by atoms with Crippen LogP contribution in [-0.4, -0.2) is 9.97 Å². The molecule has 1 aliphatic rings. The van der Waals surface area contributed by atoms with Crippen molar-refractivity contribution in [3.63, 3.8) is 0 Å². The number of aromatic nitrogens is 2. The predicted molar refractivity (Wildman–Crippen MR) is 84.2 cm³/mol. The van der Waals surface area contributed by atoms with E-state index in [9.17, 15) is 0 Å². The Kier molecular flexibility index (Phi) is 3.98. The highest BCUT2D eigenvalue weighted by Gasteiger charge is 2.20. The quantitative estimate of drug-likeness (QED) is 0.661. The van der Waals surface area contributed by atoms with E-state index in [4.69, 9.17) is 10.8 Å². The van der Waals surface area contributed by atoms with Gasteiger partial charge in [0.15, 0.2) is 5.82 Å². The zero-order valence-electron chi connectivity index (χ0n) is 11.1. The van der Waals surface area contributed by atoms with Crippen LogP contribution in [0.3, 0.4) is 0 Å². The number of nitrogens with two attached hydrogens (primary N) is 1. The number of hydrogen-bond acceptors (Lipinski definition) is 4. The van der Waals surface area contributed by atoms with Gasteiger partial charge in [0, 0.05) is 27.7 Å². The fourth-order valence-corrected chi connectivity index (χ4v) is 2.96. The van der Waals surface area contributed by atoms with Gasteiger partial charge in [-0.3, -0.25) is 0 Å². The summed E-state index contributed by atoms with van der Waals surface area (Å²) in [6.07, 6.45) is 4.99. The average molecular weight is 333 g/mol. The Balaban J connectivity index is 2.01. The van der Waals surface area contributed by atoms with Crippen molar-refractivity contribution in [1.29, 1.82) is 0 Å². The van der Waals surface area contributed by atoms with Gasteiger partial charge in [-0.25, -0.2) is 15.8 Å². The van der Waals surface area contributed by atoms with Crippen LogP contribution < -0.4 is 11.3 Å². The maximum absolute atomic E-state index is 5.54. The molecule has 1 saturated carbocycles. The summed E-state index contributed by atoms with van der Waals surface area (Å²) in [7, 11) is 0. The smallest absolute Gasteiger partial charge is 0.161 e. The van der Waals surface area contributed by atoms with Crippen molar-refractivity contribution >= 4 is 21.7 Å². The Hall–Kier alpha value is -1.46. The summed E-state index contributed by atoms with van der Waals surface area (Å²) < 4.78 is 1.05. The van der Waals surface area contributed by atoms with E-state index in [0.717, 1.165) is 21.6 Å². The molecule has 1 aromatic carbocycles. The lowest BCUT2D eigenvalue weighted by Gasteiger charge is -2.12. The van der Waals surface area contributed by atoms with Crippen molar-refractivity contribution in [2.45, 2.75) is 31.6 Å². The lowest BCUT2D eigenvalue weighted by Crippen LogP contribution is -2.11.